The molecule has 6 rings (SSSR count). The van der Waals surface area contributed by atoms with Crippen molar-refractivity contribution in [2.45, 2.75) is 25.6 Å². The first-order valence-electron chi connectivity index (χ1n) is 13.5. The van der Waals surface area contributed by atoms with Crippen LogP contribution in [-0.2, 0) is 29.2 Å². The third-order valence-electron chi connectivity index (χ3n) is 7.89. The summed E-state index contributed by atoms with van der Waals surface area (Å²) in [5.74, 6) is 2.23. The molecule has 3 atom stereocenters. The van der Waals surface area contributed by atoms with Crippen molar-refractivity contribution in [2.24, 2.45) is 11.8 Å². The molecule has 0 unspecified atom stereocenters. The Morgan fingerprint density at radius 2 is 1.35 bits per heavy atom. The van der Waals surface area contributed by atoms with Crippen LogP contribution in [0.3, 0.4) is 0 Å². The number of carbonyl (C=O) groups excluding carboxylic acids is 1. The molecule has 1 aliphatic heterocycles. The summed E-state index contributed by atoms with van der Waals surface area (Å²) in [6.07, 6.45) is 0.611. The van der Waals surface area contributed by atoms with Gasteiger partial charge in [0, 0.05) is 11.8 Å². The van der Waals surface area contributed by atoms with Gasteiger partial charge in [-0.25, -0.2) is 0 Å². The number of esters is 1. The van der Waals surface area contributed by atoms with Crippen LogP contribution in [0.5, 0.6) is 23.0 Å². The Kier molecular flexibility index (Phi) is 7.32. The molecule has 204 valence electrons. The number of hydrogen-bond acceptors (Lipinski definition) is 6. The number of ether oxygens (including phenoxy) is 5. The second kappa shape index (κ2) is 11.3. The molecule has 1 aliphatic carbocycles. The number of hydrogen-bond donors (Lipinski definition) is 0. The van der Waals surface area contributed by atoms with E-state index in [0.717, 1.165) is 27.8 Å². The number of carbonyl (C=O) groups is 1. The van der Waals surface area contributed by atoms with E-state index in [1.165, 1.54) is 0 Å². The van der Waals surface area contributed by atoms with E-state index in [4.69, 9.17) is 23.7 Å². The molecule has 0 radical (unpaired) electrons. The second-order valence-electron chi connectivity index (χ2n) is 10.2. The highest BCUT2D eigenvalue weighted by atomic mass is 16.5. The maximum Gasteiger partial charge on any atom is 0.309 e. The predicted molar refractivity (Wildman–Crippen MR) is 151 cm³/mol. The second-order valence-corrected chi connectivity index (χ2v) is 10.2. The Morgan fingerprint density at radius 1 is 0.725 bits per heavy atom. The van der Waals surface area contributed by atoms with E-state index in [1.54, 1.807) is 14.2 Å². The average molecular weight is 537 g/mol. The Bertz CT molecular complexity index is 1480. The Hall–Kier alpha value is -4.45. The molecule has 4 aromatic carbocycles. The van der Waals surface area contributed by atoms with Gasteiger partial charge in [-0.05, 0) is 58.5 Å². The summed E-state index contributed by atoms with van der Waals surface area (Å²) in [6.45, 7) is 1.25. The monoisotopic (exact) mass is 536 g/mol. The number of methoxy groups -OCH3 is 2. The van der Waals surface area contributed by atoms with Crippen LogP contribution in [0, 0.1) is 11.8 Å². The van der Waals surface area contributed by atoms with Crippen LogP contribution in [-0.4, -0.2) is 26.8 Å². The Labute approximate surface area is 234 Å². The third kappa shape index (κ3) is 5.09. The normalized spacial score (nSPS) is 19.2. The fraction of sp³-hybridized carbons (Fsp3) is 0.265. The smallest absolute Gasteiger partial charge is 0.309 e. The van der Waals surface area contributed by atoms with Gasteiger partial charge in [0.2, 0.25) is 0 Å². The van der Waals surface area contributed by atoms with Crippen molar-refractivity contribution in [3.63, 3.8) is 0 Å². The van der Waals surface area contributed by atoms with Gasteiger partial charge >= 0.3 is 5.97 Å². The van der Waals surface area contributed by atoms with E-state index in [1.807, 2.05) is 78.9 Å². The lowest BCUT2D eigenvalue weighted by Gasteiger charge is -2.34. The van der Waals surface area contributed by atoms with Crippen molar-refractivity contribution in [2.75, 3.05) is 20.8 Å². The van der Waals surface area contributed by atoms with E-state index in [9.17, 15) is 4.79 Å². The molecule has 0 amide bonds. The number of benzene rings is 4. The van der Waals surface area contributed by atoms with E-state index >= 15 is 0 Å². The van der Waals surface area contributed by atoms with Crippen LogP contribution >= 0.6 is 0 Å². The predicted octanol–water partition coefficient (Wildman–Crippen LogP) is 6.34. The molecule has 1 saturated heterocycles. The zero-order valence-electron chi connectivity index (χ0n) is 22.7. The van der Waals surface area contributed by atoms with Gasteiger partial charge < -0.3 is 23.7 Å². The summed E-state index contributed by atoms with van der Waals surface area (Å²) in [5, 5.41) is 0. The van der Waals surface area contributed by atoms with E-state index < -0.39 is 0 Å². The largest absolute Gasteiger partial charge is 0.493 e. The van der Waals surface area contributed by atoms with Crippen LogP contribution in [0.25, 0.3) is 0 Å². The van der Waals surface area contributed by atoms with Gasteiger partial charge in [-0.2, -0.15) is 0 Å². The molecule has 6 heteroatoms. The van der Waals surface area contributed by atoms with Gasteiger partial charge in [0.25, 0.3) is 0 Å². The molecule has 0 bridgehead atoms. The fourth-order valence-corrected chi connectivity index (χ4v) is 5.86. The molecule has 0 N–H and O–H groups in total. The maximum atomic E-state index is 12.8. The number of rotatable bonds is 9. The van der Waals surface area contributed by atoms with Gasteiger partial charge in [0.1, 0.15) is 13.2 Å². The van der Waals surface area contributed by atoms with E-state index in [-0.39, 0.29) is 23.7 Å². The molecule has 4 aromatic rings. The van der Waals surface area contributed by atoms with Gasteiger partial charge in [-0.15, -0.1) is 0 Å². The lowest BCUT2D eigenvalue weighted by molar-refractivity contribution is -0.141. The van der Waals surface area contributed by atoms with Crippen molar-refractivity contribution in [1.82, 2.24) is 0 Å². The summed E-state index contributed by atoms with van der Waals surface area (Å²) in [6, 6.07) is 30.2. The SMILES string of the molecule is COc1cc([C@H]2c3cc(OCc4ccccc4)c(OC)cc3C[C@@H]3C(=O)OC[C@H]23)ccc1OCc1ccccc1. The molecule has 1 fully saturated rings. The maximum absolute atomic E-state index is 12.8. The summed E-state index contributed by atoms with van der Waals surface area (Å²) in [5.41, 5.74) is 5.37. The lowest BCUT2D eigenvalue weighted by atomic mass is 9.67. The summed E-state index contributed by atoms with van der Waals surface area (Å²) in [4.78, 5) is 12.8. The highest BCUT2D eigenvalue weighted by Crippen LogP contribution is 2.50. The molecule has 2 aliphatic rings. The van der Waals surface area contributed by atoms with Gasteiger partial charge in [0.15, 0.2) is 23.0 Å². The van der Waals surface area contributed by atoms with Gasteiger partial charge in [0.05, 0.1) is 26.7 Å². The van der Waals surface area contributed by atoms with Crippen LogP contribution in [0.2, 0.25) is 0 Å². The molecular formula is C34H32O6. The minimum Gasteiger partial charge on any atom is -0.493 e. The minimum absolute atomic E-state index is 0.0103. The lowest BCUT2D eigenvalue weighted by Crippen LogP contribution is -2.31. The molecule has 0 saturated carbocycles. The summed E-state index contributed by atoms with van der Waals surface area (Å²) < 4.78 is 29.4. The van der Waals surface area contributed by atoms with Crippen molar-refractivity contribution < 1.29 is 28.5 Å². The average Bonchev–Trinajstić information content (AvgIpc) is 3.37. The molecule has 0 spiro atoms. The first-order valence-corrected chi connectivity index (χ1v) is 13.5. The van der Waals surface area contributed by atoms with Crippen LogP contribution in [0.15, 0.2) is 91.0 Å². The highest BCUT2D eigenvalue weighted by Gasteiger charge is 2.47. The molecule has 1 heterocycles. The van der Waals surface area contributed by atoms with Gasteiger partial charge in [-0.3, -0.25) is 4.79 Å². The van der Waals surface area contributed by atoms with Crippen molar-refractivity contribution >= 4 is 5.97 Å². The Balaban J connectivity index is 1.35. The third-order valence-corrected chi connectivity index (χ3v) is 7.89. The number of fused-ring (bicyclic) bond motifs is 2. The van der Waals surface area contributed by atoms with Crippen LogP contribution < -0.4 is 18.9 Å². The summed E-state index contributed by atoms with van der Waals surface area (Å²) >= 11 is 0. The van der Waals surface area contributed by atoms with Crippen molar-refractivity contribution in [1.29, 1.82) is 0 Å². The zero-order valence-corrected chi connectivity index (χ0v) is 22.7. The van der Waals surface area contributed by atoms with E-state index in [0.29, 0.717) is 49.2 Å². The first-order chi connectivity index (χ1) is 19.6. The van der Waals surface area contributed by atoms with Crippen molar-refractivity contribution in [3.8, 4) is 23.0 Å². The molecule has 6 nitrogen and oxygen atoms in total. The van der Waals surface area contributed by atoms with Gasteiger partial charge in [-0.1, -0.05) is 66.7 Å². The zero-order chi connectivity index (χ0) is 27.5. The van der Waals surface area contributed by atoms with Crippen molar-refractivity contribution in [3.05, 3.63) is 119 Å². The minimum atomic E-state index is -0.210. The molecular weight excluding hydrogens is 504 g/mol. The fourth-order valence-electron chi connectivity index (χ4n) is 5.86. The Morgan fingerprint density at radius 3 is 2.00 bits per heavy atom. The van der Waals surface area contributed by atoms with E-state index in [2.05, 4.69) is 12.1 Å². The molecule has 40 heavy (non-hydrogen) atoms. The standard InChI is InChI=1S/C34H32O6/c1-36-30-16-24(13-14-29(30)38-19-22-9-5-3-6-10-22)33-26-18-32(39-20-23-11-7-4-8-12-23)31(37-2)17-25(26)15-27-28(33)21-40-34(27)35/h3-14,16-18,27-28,33H,15,19-21H2,1-2H3/t27-,28-,33-/m0/s1. The topological polar surface area (TPSA) is 63.2 Å². The molecule has 0 aromatic heterocycles. The van der Waals surface area contributed by atoms with Crippen LogP contribution in [0.1, 0.15) is 33.7 Å². The highest BCUT2D eigenvalue weighted by molar-refractivity contribution is 5.77. The number of cyclic esters (lactones) is 1. The summed E-state index contributed by atoms with van der Waals surface area (Å²) in [7, 11) is 3.29. The quantitative estimate of drug-likeness (QED) is 0.233. The first kappa shape index (κ1) is 25.8. The van der Waals surface area contributed by atoms with Crippen LogP contribution in [0.4, 0.5) is 0 Å².